The van der Waals surface area contributed by atoms with E-state index in [1.807, 2.05) is 28.5 Å². The van der Waals surface area contributed by atoms with E-state index >= 15 is 0 Å². The minimum absolute atomic E-state index is 0.00713. The molecule has 2 aliphatic heterocycles. The number of nitrogens with zero attached hydrogens (tertiary/aromatic N) is 5. The molecule has 0 saturated carbocycles. The Labute approximate surface area is 209 Å². The van der Waals surface area contributed by atoms with Crippen LogP contribution in [0.1, 0.15) is 52.3 Å². The van der Waals surface area contributed by atoms with E-state index < -0.39 is 0 Å². The zero-order valence-corrected chi connectivity index (χ0v) is 21.2. The fraction of sp³-hybridized carbons (Fsp3) is 0.538. The summed E-state index contributed by atoms with van der Waals surface area (Å²) < 4.78 is 7.29. The smallest absolute Gasteiger partial charge is 0.264 e. The molecule has 9 heteroatoms. The number of hydrogen-bond donors (Lipinski definition) is 0. The minimum atomic E-state index is -0.0242. The fourth-order valence-electron chi connectivity index (χ4n) is 5.03. The van der Waals surface area contributed by atoms with Crippen LogP contribution in [-0.2, 0) is 24.2 Å². The standard InChI is InChI=1S/C26H33N5O3S/c1-19-22-24(28-21-6-3-2-4-13-31(21)25(22)32)35-23(19)26(33)30(18-20-7-9-27-10-8-20)12-5-11-29-14-16-34-17-15-29/h7-10H,2-6,11-18H2,1H3. The van der Waals surface area contributed by atoms with Crippen LogP contribution in [0.3, 0.4) is 0 Å². The van der Waals surface area contributed by atoms with E-state index in [1.165, 1.54) is 11.3 Å². The van der Waals surface area contributed by atoms with Gasteiger partial charge < -0.3 is 9.64 Å². The Balaban J connectivity index is 1.42. The first-order chi connectivity index (χ1) is 17.1. The first-order valence-electron chi connectivity index (χ1n) is 12.6. The van der Waals surface area contributed by atoms with Crippen molar-refractivity contribution < 1.29 is 9.53 Å². The summed E-state index contributed by atoms with van der Waals surface area (Å²) in [5, 5.41) is 0.612. The molecule has 5 rings (SSSR count). The van der Waals surface area contributed by atoms with Gasteiger partial charge in [0.15, 0.2) is 0 Å². The van der Waals surface area contributed by atoms with Crippen LogP contribution in [0.5, 0.6) is 0 Å². The molecule has 35 heavy (non-hydrogen) atoms. The summed E-state index contributed by atoms with van der Waals surface area (Å²) in [4.78, 5) is 41.8. The summed E-state index contributed by atoms with van der Waals surface area (Å²) in [7, 11) is 0. The number of hydrogen-bond acceptors (Lipinski definition) is 7. The highest BCUT2D eigenvalue weighted by molar-refractivity contribution is 7.20. The van der Waals surface area contributed by atoms with Crippen LogP contribution >= 0.6 is 11.3 Å². The Hall–Kier alpha value is -2.62. The second-order valence-corrected chi connectivity index (χ2v) is 10.4. The van der Waals surface area contributed by atoms with Gasteiger partial charge in [-0.25, -0.2) is 4.98 Å². The number of carbonyl (C=O) groups is 1. The van der Waals surface area contributed by atoms with Crippen LogP contribution < -0.4 is 5.56 Å². The number of pyridine rings is 1. The maximum Gasteiger partial charge on any atom is 0.264 e. The van der Waals surface area contributed by atoms with Gasteiger partial charge in [0.05, 0.1) is 23.5 Å². The molecule has 0 atom stereocenters. The van der Waals surface area contributed by atoms with Crippen molar-refractivity contribution in [2.45, 2.75) is 52.1 Å². The molecule has 3 aromatic heterocycles. The van der Waals surface area contributed by atoms with Crippen LogP contribution in [0.15, 0.2) is 29.3 Å². The number of aromatic nitrogens is 3. The van der Waals surface area contributed by atoms with Crippen molar-refractivity contribution in [1.82, 2.24) is 24.3 Å². The number of rotatable bonds is 7. The van der Waals surface area contributed by atoms with Crippen molar-refractivity contribution in [3.05, 3.63) is 56.7 Å². The lowest BCUT2D eigenvalue weighted by molar-refractivity contribution is 0.0356. The van der Waals surface area contributed by atoms with Crippen molar-refractivity contribution in [2.24, 2.45) is 0 Å². The molecule has 1 amide bonds. The van der Waals surface area contributed by atoms with Gasteiger partial charge in [-0.3, -0.25) is 24.0 Å². The number of amides is 1. The lowest BCUT2D eigenvalue weighted by Gasteiger charge is -2.28. The summed E-state index contributed by atoms with van der Waals surface area (Å²) in [5.74, 6) is 0.836. The monoisotopic (exact) mass is 495 g/mol. The topological polar surface area (TPSA) is 80.6 Å². The molecule has 8 nitrogen and oxygen atoms in total. The third kappa shape index (κ3) is 5.32. The molecule has 0 bridgehead atoms. The van der Waals surface area contributed by atoms with Crippen LogP contribution in [0.4, 0.5) is 0 Å². The van der Waals surface area contributed by atoms with Crippen LogP contribution in [0.25, 0.3) is 10.2 Å². The summed E-state index contributed by atoms with van der Waals surface area (Å²) in [6.45, 7) is 8.13. The molecule has 0 N–H and O–H groups in total. The zero-order chi connectivity index (χ0) is 24.2. The largest absolute Gasteiger partial charge is 0.379 e. The molecule has 0 unspecified atom stereocenters. The predicted octanol–water partition coefficient (Wildman–Crippen LogP) is 3.25. The number of aryl methyl sites for hydroxylation is 2. The first kappa shape index (κ1) is 24.1. The minimum Gasteiger partial charge on any atom is -0.379 e. The Morgan fingerprint density at radius 2 is 1.94 bits per heavy atom. The van der Waals surface area contributed by atoms with Gasteiger partial charge in [0, 0.05) is 58.1 Å². The van der Waals surface area contributed by atoms with Crippen molar-refractivity contribution >= 4 is 27.5 Å². The molecular formula is C26H33N5O3S. The van der Waals surface area contributed by atoms with Gasteiger partial charge >= 0.3 is 0 Å². The number of thiophene rings is 1. The highest BCUT2D eigenvalue weighted by Gasteiger charge is 2.25. The van der Waals surface area contributed by atoms with E-state index in [2.05, 4.69) is 9.88 Å². The van der Waals surface area contributed by atoms with E-state index in [4.69, 9.17) is 9.72 Å². The molecule has 1 saturated heterocycles. The Kier molecular flexibility index (Phi) is 7.55. The maximum atomic E-state index is 13.9. The summed E-state index contributed by atoms with van der Waals surface area (Å²) in [5.41, 5.74) is 1.82. The quantitative estimate of drug-likeness (QED) is 0.501. The normalized spacial score (nSPS) is 16.7. The first-order valence-corrected chi connectivity index (χ1v) is 13.4. The fourth-order valence-corrected chi connectivity index (χ4v) is 6.19. The van der Waals surface area contributed by atoms with Gasteiger partial charge in [0.1, 0.15) is 10.7 Å². The number of ether oxygens (including phenoxy) is 1. The SMILES string of the molecule is Cc1c(C(=O)N(CCCN2CCOCC2)Cc2ccncc2)sc2nc3n(c(=O)c12)CCCCC3. The van der Waals surface area contributed by atoms with Gasteiger partial charge in [0.25, 0.3) is 11.5 Å². The Bertz CT molecular complexity index is 1230. The van der Waals surface area contributed by atoms with E-state index in [9.17, 15) is 9.59 Å². The van der Waals surface area contributed by atoms with Crippen molar-refractivity contribution in [3.8, 4) is 0 Å². The number of fused-ring (bicyclic) bond motifs is 2. The van der Waals surface area contributed by atoms with E-state index in [-0.39, 0.29) is 11.5 Å². The second kappa shape index (κ2) is 11.0. The van der Waals surface area contributed by atoms with Gasteiger partial charge in [-0.1, -0.05) is 6.42 Å². The molecule has 0 spiro atoms. The van der Waals surface area contributed by atoms with Crippen molar-refractivity contribution in [3.63, 3.8) is 0 Å². The zero-order valence-electron chi connectivity index (χ0n) is 20.4. The Morgan fingerprint density at radius 1 is 1.14 bits per heavy atom. The second-order valence-electron chi connectivity index (χ2n) is 9.42. The number of carbonyl (C=O) groups excluding carboxylic acids is 1. The van der Waals surface area contributed by atoms with E-state index in [0.717, 1.165) is 81.9 Å². The molecule has 3 aromatic rings. The molecule has 0 radical (unpaired) electrons. The van der Waals surface area contributed by atoms with Gasteiger partial charge in [-0.05, 0) is 49.4 Å². The van der Waals surface area contributed by atoms with Gasteiger partial charge in [-0.15, -0.1) is 11.3 Å². The molecular weight excluding hydrogens is 462 g/mol. The predicted molar refractivity (Wildman–Crippen MR) is 137 cm³/mol. The molecule has 1 fully saturated rings. The molecule has 186 valence electrons. The van der Waals surface area contributed by atoms with Crippen molar-refractivity contribution in [1.29, 1.82) is 0 Å². The average molecular weight is 496 g/mol. The van der Waals surface area contributed by atoms with Gasteiger partial charge in [-0.2, -0.15) is 0 Å². The van der Waals surface area contributed by atoms with Crippen molar-refractivity contribution in [2.75, 3.05) is 39.4 Å². The van der Waals surface area contributed by atoms with E-state index in [0.29, 0.717) is 34.7 Å². The summed E-state index contributed by atoms with van der Waals surface area (Å²) in [6, 6.07) is 3.90. The van der Waals surface area contributed by atoms with Crippen LogP contribution in [-0.4, -0.2) is 69.6 Å². The average Bonchev–Trinajstić information content (AvgIpc) is 3.04. The lowest BCUT2D eigenvalue weighted by Crippen LogP contribution is -2.39. The maximum absolute atomic E-state index is 13.9. The third-order valence-corrected chi connectivity index (χ3v) is 8.20. The highest BCUT2D eigenvalue weighted by atomic mass is 32.1. The molecule has 0 aliphatic carbocycles. The third-order valence-electron chi connectivity index (χ3n) is 7.02. The Morgan fingerprint density at radius 3 is 2.74 bits per heavy atom. The lowest BCUT2D eigenvalue weighted by atomic mass is 10.1. The van der Waals surface area contributed by atoms with Crippen LogP contribution in [0.2, 0.25) is 0 Å². The molecule has 5 heterocycles. The number of morpholine rings is 1. The highest BCUT2D eigenvalue weighted by Crippen LogP contribution is 2.30. The summed E-state index contributed by atoms with van der Waals surface area (Å²) >= 11 is 1.37. The molecule has 0 aromatic carbocycles. The van der Waals surface area contributed by atoms with E-state index in [1.54, 1.807) is 12.4 Å². The van der Waals surface area contributed by atoms with Gasteiger partial charge in [0.2, 0.25) is 0 Å². The summed E-state index contributed by atoms with van der Waals surface area (Å²) in [6.07, 6.45) is 8.39. The molecule has 2 aliphatic rings. The van der Waals surface area contributed by atoms with Crippen LogP contribution in [0, 0.1) is 6.92 Å².